The van der Waals surface area contributed by atoms with Gasteiger partial charge >= 0.3 is 0 Å². The topological polar surface area (TPSA) is 96.3 Å². The Morgan fingerprint density at radius 3 is 2.17 bits per heavy atom. The molecule has 1 amide bonds. The molecule has 132 valence electrons. The zero-order chi connectivity index (χ0) is 18.5. The molecule has 0 bridgehead atoms. The van der Waals surface area contributed by atoms with Crippen molar-refractivity contribution in [3.8, 4) is 0 Å². The van der Waals surface area contributed by atoms with Crippen molar-refractivity contribution in [2.75, 3.05) is 5.32 Å². The van der Waals surface area contributed by atoms with Crippen LogP contribution in [0.5, 0.6) is 0 Å². The molecule has 24 heavy (non-hydrogen) atoms. The highest BCUT2D eigenvalue weighted by Gasteiger charge is 2.35. The Labute approximate surface area is 159 Å². The number of amides is 1. The summed E-state index contributed by atoms with van der Waals surface area (Å²) in [6.45, 7) is 3.39. The van der Waals surface area contributed by atoms with Crippen molar-refractivity contribution in [3.63, 3.8) is 0 Å². The minimum absolute atomic E-state index is 0.0530. The number of alkyl halides is 3. The zero-order valence-corrected chi connectivity index (χ0v) is 15.8. The van der Waals surface area contributed by atoms with Gasteiger partial charge in [-0.25, -0.2) is 0 Å². The summed E-state index contributed by atoms with van der Waals surface area (Å²) < 4.78 is -1.84. The van der Waals surface area contributed by atoms with Crippen LogP contribution < -0.4 is 16.0 Å². The number of carbonyl (C=O) groups is 1. The van der Waals surface area contributed by atoms with E-state index in [0.29, 0.717) is 5.69 Å². The lowest BCUT2D eigenvalue weighted by Crippen LogP contribution is -2.56. The van der Waals surface area contributed by atoms with Gasteiger partial charge in [-0.1, -0.05) is 48.7 Å². The maximum absolute atomic E-state index is 11.8. The van der Waals surface area contributed by atoms with E-state index in [1.54, 1.807) is 13.8 Å². The number of halogens is 3. The summed E-state index contributed by atoms with van der Waals surface area (Å²) >= 11 is 22.6. The van der Waals surface area contributed by atoms with Gasteiger partial charge in [0.2, 0.25) is 9.70 Å². The van der Waals surface area contributed by atoms with Crippen LogP contribution in [0.25, 0.3) is 0 Å². The van der Waals surface area contributed by atoms with E-state index < -0.39 is 14.9 Å². The molecule has 0 heterocycles. The van der Waals surface area contributed by atoms with Gasteiger partial charge in [0.25, 0.3) is 5.69 Å². The van der Waals surface area contributed by atoms with Crippen LogP contribution in [0, 0.1) is 16.0 Å². The Balaban J connectivity index is 2.74. The molecule has 1 unspecified atom stereocenters. The maximum Gasteiger partial charge on any atom is 0.269 e. The van der Waals surface area contributed by atoms with Gasteiger partial charge in [0.15, 0.2) is 5.11 Å². The van der Waals surface area contributed by atoms with Gasteiger partial charge in [0.05, 0.1) is 4.92 Å². The summed E-state index contributed by atoms with van der Waals surface area (Å²) in [7, 11) is 0. The number of hydrogen-bond acceptors (Lipinski definition) is 4. The standard InChI is InChI=1S/C13H15Cl3N4O3S/c1-7(2)10(21)18-11(13(14,15)16)19-12(24)17-8-3-5-9(6-4-8)20(22)23/h3-7,11H,1-2H3,(H,18,21)(H2,17,19,24). The molecule has 0 saturated heterocycles. The third-order valence-electron chi connectivity index (χ3n) is 2.75. The smallest absolute Gasteiger partial charge is 0.269 e. The van der Waals surface area contributed by atoms with Gasteiger partial charge in [-0.15, -0.1) is 0 Å². The van der Waals surface area contributed by atoms with Crippen LogP contribution >= 0.6 is 47.0 Å². The summed E-state index contributed by atoms with van der Waals surface area (Å²) in [5.41, 5.74) is 0.444. The lowest BCUT2D eigenvalue weighted by atomic mass is 10.2. The zero-order valence-electron chi connectivity index (χ0n) is 12.7. The van der Waals surface area contributed by atoms with Crippen LogP contribution in [0.2, 0.25) is 0 Å². The van der Waals surface area contributed by atoms with E-state index in [1.807, 2.05) is 0 Å². The lowest BCUT2D eigenvalue weighted by molar-refractivity contribution is -0.384. The number of non-ortho nitro benzene ring substituents is 1. The summed E-state index contributed by atoms with van der Waals surface area (Å²) in [6.07, 6.45) is -1.06. The Hall–Kier alpha value is -1.35. The Kier molecular flexibility index (Phi) is 7.47. The molecular formula is C13H15Cl3N4O3S. The molecule has 1 aromatic carbocycles. The fourth-order valence-corrected chi connectivity index (χ4v) is 2.04. The third-order valence-corrected chi connectivity index (χ3v) is 3.62. The van der Waals surface area contributed by atoms with Crippen molar-refractivity contribution < 1.29 is 9.72 Å². The first-order chi connectivity index (χ1) is 11.0. The van der Waals surface area contributed by atoms with Gasteiger partial charge < -0.3 is 16.0 Å². The van der Waals surface area contributed by atoms with Gasteiger partial charge in [0.1, 0.15) is 6.17 Å². The summed E-state index contributed by atoms with van der Waals surface area (Å²) in [4.78, 5) is 21.9. The average molecular weight is 414 g/mol. The normalized spacial score (nSPS) is 12.4. The molecule has 0 aromatic heterocycles. The largest absolute Gasteiger partial charge is 0.339 e. The summed E-state index contributed by atoms with van der Waals surface area (Å²) in [6, 6.07) is 5.59. The molecule has 0 aliphatic rings. The van der Waals surface area contributed by atoms with E-state index in [4.69, 9.17) is 47.0 Å². The van der Waals surface area contributed by atoms with Crippen molar-refractivity contribution in [1.82, 2.24) is 10.6 Å². The van der Waals surface area contributed by atoms with Gasteiger partial charge in [-0.05, 0) is 24.4 Å². The molecular weight excluding hydrogens is 399 g/mol. The second-order valence-electron chi connectivity index (χ2n) is 5.04. The van der Waals surface area contributed by atoms with Crippen molar-refractivity contribution in [2.45, 2.75) is 23.8 Å². The van der Waals surface area contributed by atoms with E-state index in [0.717, 1.165) is 0 Å². The molecule has 11 heteroatoms. The number of nitrogens with one attached hydrogen (secondary N) is 3. The number of carbonyl (C=O) groups excluding carboxylic acids is 1. The highest BCUT2D eigenvalue weighted by Crippen LogP contribution is 2.29. The SMILES string of the molecule is CC(C)C(=O)NC(NC(=S)Nc1ccc([N+](=O)[O-])cc1)C(Cl)(Cl)Cl. The molecule has 0 aliphatic carbocycles. The molecule has 0 spiro atoms. The molecule has 1 aromatic rings. The third kappa shape index (κ3) is 6.64. The van der Waals surface area contributed by atoms with Crippen LogP contribution in [0.15, 0.2) is 24.3 Å². The fraction of sp³-hybridized carbons (Fsp3) is 0.385. The van der Waals surface area contributed by atoms with E-state index in [-0.39, 0.29) is 22.6 Å². The van der Waals surface area contributed by atoms with E-state index in [1.165, 1.54) is 24.3 Å². The minimum atomic E-state index is -1.84. The number of nitrogens with zero attached hydrogens (tertiary/aromatic N) is 1. The molecule has 3 N–H and O–H groups in total. The van der Waals surface area contributed by atoms with Crippen molar-refractivity contribution >= 4 is 69.4 Å². The van der Waals surface area contributed by atoms with Crippen LogP contribution in [0.1, 0.15) is 13.8 Å². The monoisotopic (exact) mass is 412 g/mol. The van der Waals surface area contributed by atoms with Crippen LogP contribution in [-0.4, -0.2) is 25.9 Å². The fourth-order valence-electron chi connectivity index (χ4n) is 1.47. The van der Waals surface area contributed by atoms with Crippen LogP contribution in [0.3, 0.4) is 0 Å². The van der Waals surface area contributed by atoms with E-state index in [9.17, 15) is 14.9 Å². The van der Waals surface area contributed by atoms with E-state index in [2.05, 4.69) is 16.0 Å². The molecule has 1 rings (SSSR count). The van der Waals surface area contributed by atoms with Crippen molar-refractivity contribution in [1.29, 1.82) is 0 Å². The number of anilines is 1. The molecule has 0 aliphatic heterocycles. The highest BCUT2D eigenvalue weighted by molar-refractivity contribution is 7.80. The molecule has 0 saturated carbocycles. The minimum Gasteiger partial charge on any atom is -0.339 e. The number of rotatable bonds is 5. The molecule has 0 radical (unpaired) electrons. The Bertz CT molecular complexity index is 620. The quantitative estimate of drug-likeness (QED) is 0.225. The predicted octanol–water partition coefficient (Wildman–Crippen LogP) is 3.35. The van der Waals surface area contributed by atoms with Crippen LogP contribution in [0.4, 0.5) is 11.4 Å². The first kappa shape index (κ1) is 20.7. The summed E-state index contributed by atoms with van der Waals surface area (Å²) in [5.74, 6) is -0.630. The first-order valence-corrected chi connectivity index (χ1v) is 8.24. The number of thiocarbonyl (C=S) groups is 1. The number of hydrogen-bond donors (Lipinski definition) is 3. The summed E-state index contributed by atoms with van der Waals surface area (Å²) in [5, 5.41) is 18.7. The van der Waals surface area contributed by atoms with Gasteiger partial charge in [-0.2, -0.15) is 0 Å². The number of nitro groups is 1. The predicted molar refractivity (Wildman–Crippen MR) is 99.5 cm³/mol. The average Bonchev–Trinajstić information content (AvgIpc) is 2.45. The van der Waals surface area contributed by atoms with Crippen LogP contribution in [-0.2, 0) is 4.79 Å². The maximum atomic E-state index is 11.8. The van der Waals surface area contributed by atoms with Crippen molar-refractivity contribution in [2.24, 2.45) is 5.92 Å². The van der Waals surface area contributed by atoms with E-state index >= 15 is 0 Å². The van der Waals surface area contributed by atoms with Gasteiger partial charge in [-0.3, -0.25) is 14.9 Å². The number of benzene rings is 1. The Morgan fingerprint density at radius 1 is 1.21 bits per heavy atom. The second kappa shape index (κ2) is 8.66. The number of nitro benzene ring substituents is 1. The lowest BCUT2D eigenvalue weighted by Gasteiger charge is -2.28. The molecule has 7 nitrogen and oxygen atoms in total. The Morgan fingerprint density at radius 2 is 1.75 bits per heavy atom. The highest BCUT2D eigenvalue weighted by atomic mass is 35.6. The second-order valence-corrected chi connectivity index (χ2v) is 7.82. The van der Waals surface area contributed by atoms with Gasteiger partial charge in [0, 0.05) is 23.7 Å². The first-order valence-electron chi connectivity index (χ1n) is 6.69. The van der Waals surface area contributed by atoms with Crippen molar-refractivity contribution in [3.05, 3.63) is 34.4 Å². The molecule has 1 atom stereocenters. The molecule has 0 fully saturated rings.